The molecule has 4 saturated heterocycles. The van der Waals surface area contributed by atoms with Crippen LogP contribution < -0.4 is 5.23 Å². The summed E-state index contributed by atoms with van der Waals surface area (Å²) < 4.78 is 5.53. The number of hydrogen-bond acceptors (Lipinski definition) is 7. The molecule has 0 amide bonds. The number of anilines is 1. The van der Waals surface area contributed by atoms with Crippen LogP contribution in [0.2, 0.25) is 0 Å². The zero-order chi connectivity index (χ0) is 16.4. The van der Waals surface area contributed by atoms with Gasteiger partial charge >= 0.3 is 0 Å². The summed E-state index contributed by atoms with van der Waals surface area (Å²) >= 11 is 0. The lowest BCUT2D eigenvalue weighted by Crippen LogP contribution is -2.76. The molecule has 1 aromatic heterocycles. The van der Waals surface area contributed by atoms with Crippen molar-refractivity contribution in [1.82, 2.24) is 9.80 Å². The molecule has 4 aliphatic heterocycles. The molecule has 23 heavy (non-hydrogen) atoms. The van der Waals surface area contributed by atoms with Gasteiger partial charge in [0.1, 0.15) is 17.7 Å². The minimum atomic E-state index is -0.278. The van der Waals surface area contributed by atoms with Crippen LogP contribution in [0.3, 0.4) is 0 Å². The highest BCUT2D eigenvalue weighted by molar-refractivity contribution is 5.93. The fraction of sp³-hybridized carbons (Fsp3) is 0.688. The van der Waals surface area contributed by atoms with Crippen LogP contribution in [0.1, 0.15) is 38.6 Å². The Morgan fingerprint density at radius 1 is 1.22 bits per heavy atom. The normalized spacial score (nSPS) is 41.6. The maximum Gasteiger partial charge on any atom is 0.209 e. The Morgan fingerprint density at radius 2 is 1.74 bits per heavy atom. The van der Waals surface area contributed by atoms with Gasteiger partial charge in [-0.1, -0.05) is 13.8 Å². The fourth-order valence-electron chi connectivity index (χ4n) is 4.91. The molecule has 1 N–H and O–H groups in total. The Hall–Kier alpha value is -1.41. The third kappa shape index (κ3) is 1.88. The molecule has 126 valence electrons. The van der Waals surface area contributed by atoms with Gasteiger partial charge in [0.25, 0.3) is 0 Å². The lowest BCUT2D eigenvalue weighted by atomic mass is 9.58. The van der Waals surface area contributed by atoms with Crippen molar-refractivity contribution in [1.29, 1.82) is 0 Å². The monoisotopic (exact) mass is 320 g/mol. The number of piperidine rings is 2. The fourth-order valence-corrected chi connectivity index (χ4v) is 4.91. The van der Waals surface area contributed by atoms with E-state index in [0.29, 0.717) is 11.5 Å². The molecule has 0 aliphatic carbocycles. The Bertz CT molecular complexity index is 599. The van der Waals surface area contributed by atoms with E-state index in [4.69, 9.17) is 9.62 Å². The van der Waals surface area contributed by atoms with Crippen LogP contribution in [-0.4, -0.2) is 47.0 Å². The van der Waals surface area contributed by atoms with E-state index < -0.39 is 0 Å². The molecule has 5 rings (SSSR count). The zero-order valence-corrected chi connectivity index (χ0v) is 13.5. The van der Waals surface area contributed by atoms with Gasteiger partial charge in [0.05, 0.1) is 10.8 Å². The average Bonchev–Trinajstić information content (AvgIpc) is 3.01. The lowest BCUT2D eigenvalue weighted by molar-refractivity contribution is -0.206. The quantitative estimate of drug-likeness (QED) is 0.849. The van der Waals surface area contributed by atoms with Crippen LogP contribution in [0.4, 0.5) is 5.88 Å². The second-order valence-electron chi connectivity index (χ2n) is 7.23. The Labute approximate surface area is 135 Å². The number of carbonyl (C=O) groups excluding carboxylic acids is 1. The van der Waals surface area contributed by atoms with Crippen LogP contribution in [0.15, 0.2) is 16.5 Å². The molecule has 0 radical (unpaired) electrons. The Balaban J connectivity index is 1.71. The highest BCUT2D eigenvalue weighted by atomic mass is 16.8. The van der Waals surface area contributed by atoms with Crippen molar-refractivity contribution >= 4 is 11.7 Å². The number of Topliss-reactive ketones (excluding diaryl/α,β-unsaturated/α-hetero) is 1. The van der Waals surface area contributed by atoms with Gasteiger partial charge in [-0.3, -0.25) is 25.0 Å². The van der Waals surface area contributed by atoms with Crippen LogP contribution >= 0.6 is 0 Å². The smallest absolute Gasteiger partial charge is 0.209 e. The van der Waals surface area contributed by atoms with Crippen molar-refractivity contribution < 1.29 is 14.4 Å². The summed E-state index contributed by atoms with van der Waals surface area (Å²) in [5, 5.41) is 19.7. The Morgan fingerprint density at radius 3 is 2.13 bits per heavy atom. The maximum absolute atomic E-state index is 13.1. The third-order valence-corrected chi connectivity index (χ3v) is 6.09. The summed E-state index contributed by atoms with van der Waals surface area (Å²) in [6.45, 7) is 7.14. The van der Waals surface area contributed by atoms with Crippen LogP contribution in [0.5, 0.6) is 0 Å². The number of hydrogen-bond donors (Lipinski definition) is 1. The van der Waals surface area contributed by atoms with Gasteiger partial charge in [-0.2, -0.15) is 0 Å². The second kappa shape index (κ2) is 4.80. The molecule has 0 saturated carbocycles. The topological polar surface area (TPSA) is 83.2 Å². The molecule has 4 bridgehead atoms. The predicted molar refractivity (Wildman–Crippen MR) is 82.7 cm³/mol. The standard InChI is InChI=1S/C16H22N3O4/c1-3-15-7-17-9-16(4-2,14(15)20)10-18(8-15)13(17)11-5-6-12(23-11)19(21)22/h5-6,13,21H,3-4,7-10H2,1-2H3/q-1. The van der Waals surface area contributed by atoms with Gasteiger partial charge in [0.15, 0.2) is 0 Å². The van der Waals surface area contributed by atoms with Crippen molar-refractivity contribution in [3.8, 4) is 0 Å². The average molecular weight is 320 g/mol. The molecule has 0 atom stereocenters. The van der Waals surface area contributed by atoms with Crippen molar-refractivity contribution in [2.45, 2.75) is 32.9 Å². The minimum Gasteiger partial charge on any atom is -0.731 e. The number of nitrogens with zero attached hydrogens (tertiary/aromatic N) is 3. The van der Waals surface area contributed by atoms with Crippen molar-refractivity contribution in [3.05, 3.63) is 23.1 Å². The zero-order valence-electron chi connectivity index (χ0n) is 13.5. The van der Waals surface area contributed by atoms with Gasteiger partial charge in [0, 0.05) is 32.2 Å². The van der Waals surface area contributed by atoms with Gasteiger partial charge in [-0.05, 0) is 18.9 Å². The SMILES string of the molecule is CCC12CN3CC(CC)(CN(C1)C3c1ccc(N([O-])O)o1)C2=O. The van der Waals surface area contributed by atoms with Crippen molar-refractivity contribution in [2.75, 3.05) is 31.4 Å². The summed E-state index contributed by atoms with van der Waals surface area (Å²) in [4.78, 5) is 17.7. The van der Waals surface area contributed by atoms with E-state index in [1.807, 2.05) is 0 Å². The highest BCUT2D eigenvalue weighted by Crippen LogP contribution is 2.54. The van der Waals surface area contributed by atoms with E-state index in [-0.39, 0.29) is 28.1 Å². The first kappa shape index (κ1) is 15.1. The molecular weight excluding hydrogens is 298 g/mol. The molecular formula is C16H22N3O4-. The summed E-state index contributed by atoms with van der Waals surface area (Å²) in [6.07, 6.45) is 1.64. The van der Waals surface area contributed by atoms with Crippen LogP contribution in [0.25, 0.3) is 0 Å². The first-order valence-electron chi connectivity index (χ1n) is 8.23. The van der Waals surface area contributed by atoms with Gasteiger partial charge in [0.2, 0.25) is 5.88 Å². The molecule has 0 aromatic carbocycles. The molecule has 0 unspecified atom stereocenters. The van der Waals surface area contributed by atoms with Crippen LogP contribution in [0, 0.1) is 16.0 Å². The molecule has 4 aliphatic rings. The van der Waals surface area contributed by atoms with E-state index in [2.05, 4.69) is 23.6 Å². The first-order chi connectivity index (χ1) is 10.9. The largest absolute Gasteiger partial charge is 0.731 e. The summed E-state index contributed by atoms with van der Waals surface area (Å²) in [5.74, 6) is 0.975. The number of rotatable bonds is 4. The Kier molecular flexibility index (Phi) is 3.16. The van der Waals surface area contributed by atoms with E-state index in [9.17, 15) is 10.0 Å². The molecule has 4 fully saturated rings. The van der Waals surface area contributed by atoms with Gasteiger partial charge in [-0.15, -0.1) is 0 Å². The number of ketones is 1. The van der Waals surface area contributed by atoms with Gasteiger partial charge in [-0.25, -0.2) is 0 Å². The van der Waals surface area contributed by atoms with E-state index in [1.54, 1.807) is 6.07 Å². The number of carbonyl (C=O) groups is 1. The third-order valence-electron chi connectivity index (χ3n) is 6.09. The summed E-state index contributed by atoms with van der Waals surface area (Å²) in [7, 11) is 0. The highest BCUT2D eigenvalue weighted by Gasteiger charge is 2.64. The molecule has 0 spiro atoms. The maximum atomic E-state index is 13.1. The number of furan rings is 1. The molecule has 7 heteroatoms. The molecule has 1 aromatic rings. The lowest BCUT2D eigenvalue weighted by Gasteiger charge is -2.65. The minimum absolute atomic E-state index is 0.0591. The summed E-state index contributed by atoms with van der Waals surface area (Å²) in [5.41, 5.74) is -0.556. The van der Waals surface area contributed by atoms with E-state index in [1.165, 1.54) is 6.07 Å². The van der Waals surface area contributed by atoms with Crippen LogP contribution in [-0.2, 0) is 4.79 Å². The van der Waals surface area contributed by atoms with E-state index in [0.717, 1.165) is 39.0 Å². The summed E-state index contributed by atoms with van der Waals surface area (Å²) in [6, 6.07) is 3.22. The first-order valence-corrected chi connectivity index (χ1v) is 8.23. The second-order valence-corrected chi connectivity index (χ2v) is 7.23. The van der Waals surface area contributed by atoms with Crippen molar-refractivity contribution in [2.24, 2.45) is 10.8 Å². The predicted octanol–water partition coefficient (Wildman–Crippen LogP) is 1.98. The molecule has 7 nitrogen and oxygen atoms in total. The van der Waals surface area contributed by atoms with Crippen molar-refractivity contribution in [3.63, 3.8) is 0 Å². The molecule has 5 heterocycles. The van der Waals surface area contributed by atoms with E-state index >= 15 is 0 Å². The van der Waals surface area contributed by atoms with Gasteiger partial charge < -0.3 is 9.62 Å².